The van der Waals surface area contributed by atoms with Gasteiger partial charge in [-0.05, 0) is 61.0 Å². The molecule has 0 bridgehead atoms. The van der Waals surface area contributed by atoms with Gasteiger partial charge in [-0.15, -0.1) is 0 Å². The molecule has 42 heavy (non-hydrogen) atoms. The van der Waals surface area contributed by atoms with Crippen LogP contribution in [0, 0.1) is 6.92 Å². The Morgan fingerprint density at radius 2 is 1.79 bits per heavy atom. The molecule has 2 aliphatic heterocycles. The fraction of sp³-hybridized carbons (Fsp3) is 0.258. The van der Waals surface area contributed by atoms with Crippen molar-refractivity contribution < 1.29 is 42.4 Å². The minimum Gasteiger partial charge on any atom is -0.497 e. The van der Waals surface area contributed by atoms with Crippen molar-refractivity contribution in [2.75, 3.05) is 26.1 Å². The van der Waals surface area contributed by atoms with E-state index in [0.717, 1.165) is 5.56 Å². The first kappa shape index (κ1) is 27.2. The van der Waals surface area contributed by atoms with E-state index in [1.165, 1.54) is 0 Å². The molecule has 0 spiro atoms. The molecule has 1 amide bonds. The van der Waals surface area contributed by atoms with Crippen LogP contribution in [0.1, 0.15) is 22.3 Å². The number of rotatable bonds is 7. The molecular weight excluding hydrogens is 546 g/mol. The Morgan fingerprint density at radius 3 is 2.60 bits per heavy atom. The molecule has 11 heteroatoms. The normalized spacial score (nSPS) is 19.4. The van der Waals surface area contributed by atoms with Crippen LogP contribution in [-0.2, 0) is 14.2 Å². The standard InChI is InChI=1S/C31H27NO10/c1-16-23(39-30-27-25(11-12-38-30)40-31(35)42-27)9-7-18-15-22(29(34)41-26(16)18)32-28(33)19-8-10-24(37-3)21(14-19)17-5-4-6-20(13-17)36-2/h4-10,13-15,25,27,30H,11-12H2,1-3H3,(H,32,33)/t25-,27-,30?/m1/s1. The predicted octanol–water partition coefficient (Wildman–Crippen LogP) is 5.07. The summed E-state index contributed by atoms with van der Waals surface area (Å²) in [5.74, 6) is 1.13. The maximum atomic E-state index is 13.2. The largest absolute Gasteiger partial charge is 0.509 e. The Labute approximate surface area is 239 Å². The minimum absolute atomic E-state index is 0.0206. The monoisotopic (exact) mass is 573 g/mol. The van der Waals surface area contributed by atoms with E-state index >= 15 is 0 Å². The van der Waals surface area contributed by atoms with Crippen LogP contribution in [0.2, 0.25) is 0 Å². The summed E-state index contributed by atoms with van der Waals surface area (Å²) < 4.78 is 38.5. The molecule has 11 nitrogen and oxygen atoms in total. The number of fused-ring (bicyclic) bond motifs is 2. The molecule has 0 saturated carbocycles. The van der Waals surface area contributed by atoms with Gasteiger partial charge in [0.05, 0.1) is 20.8 Å². The predicted molar refractivity (Wildman–Crippen MR) is 150 cm³/mol. The summed E-state index contributed by atoms with van der Waals surface area (Å²) in [6.07, 6.45) is -2.27. The van der Waals surface area contributed by atoms with Crippen LogP contribution in [0.4, 0.5) is 10.5 Å². The summed E-state index contributed by atoms with van der Waals surface area (Å²) in [7, 11) is 3.13. The molecule has 216 valence electrons. The summed E-state index contributed by atoms with van der Waals surface area (Å²) in [4.78, 5) is 37.7. The maximum Gasteiger partial charge on any atom is 0.509 e. The number of ether oxygens (including phenoxy) is 6. The quantitative estimate of drug-likeness (QED) is 0.236. The van der Waals surface area contributed by atoms with E-state index in [2.05, 4.69) is 5.32 Å². The van der Waals surface area contributed by atoms with Gasteiger partial charge in [-0.2, -0.15) is 0 Å². The number of carbonyl (C=O) groups excluding carboxylic acids is 2. The van der Waals surface area contributed by atoms with Gasteiger partial charge < -0.3 is 38.2 Å². The van der Waals surface area contributed by atoms with E-state index in [4.69, 9.17) is 32.8 Å². The van der Waals surface area contributed by atoms with Gasteiger partial charge in [-0.3, -0.25) is 4.79 Å². The Balaban J connectivity index is 1.25. The van der Waals surface area contributed by atoms with Crippen molar-refractivity contribution in [2.45, 2.75) is 31.8 Å². The Bertz CT molecular complexity index is 1750. The van der Waals surface area contributed by atoms with E-state index in [1.54, 1.807) is 57.5 Å². The summed E-state index contributed by atoms with van der Waals surface area (Å²) in [5, 5.41) is 3.23. The molecule has 0 aliphatic carbocycles. The fourth-order valence-electron chi connectivity index (χ4n) is 5.06. The first-order valence-corrected chi connectivity index (χ1v) is 13.2. The number of anilines is 1. The van der Waals surface area contributed by atoms with Crippen molar-refractivity contribution in [2.24, 2.45) is 0 Å². The topological polar surface area (TPSA) is 132 Å². The number of carbonyl (C=O) groups is 2. The molecule has 1 aromatic heterocycles. The smallest absolute Gasteiger partial charge is 0.497 e. The number of methoxy groups -OCH3 is 2. The van der Waals surface area contributed by atoms with E-state index in [0.29, 0.717) is 52.4 Å². The van der Waals surface area contributed by atoms with Crippen LogP contribution in [-0.4, -0.2) is 51.4 Å². The number of hydrogen-bond donors (Lipinski definition) is 1. The average molecular weight is 574 g/mol. The van der Waals surface area contributed by atoms with Crippen molar-refractivity contribution in [1.82, 2.24) is 0 Å². The molecule has 1 unspecified atom stereocenters. The lowest BCUT2D eigenvalue weighted by atomic mass is 10.0. The Kier molecular flexibility index (Phi) is 7.17. The summed E-state index contributed by atoms with van der Waals surface area (Å²) in [6, 6.07) is 17.3. The fourth-order valence-corrected chi connectivity index (χ4v) is 5.06. The van der Waals surface area contributed by atoms with Gasteiger partial charge in [-0.1, -0.05) is 12.1 Å². The van der Waals surface area contributed by atoms with Crippen molar-refractivity contribution in [3.05, 3.63) is 82.2 Å². The molecule has 2 aliphatic rings. The highest BCUT2D eigenvalue weighted by Crippen LogP contribution is 2.35. The maximum absolute atomic E-state index is 13.2. The van der Waals surface area contributed by atoms with E-state index < -0.39 is 36.2 Å². The summed E-state index contributed by atoms with van der Waals surface area (Å²) >= 11 is 0. The highest BCUT2D eigenvalue weighted by molar-refractivity contribution is 6.05. The van der Waals surface area contributed by atoms with Gasteiger partial charge in [0.25, 0.3) is 5.91 Å². The lowest BCUT2D eigenvalue weighted by Gasteiger charge is -2.30. The average Bonchev–Trinajstić information content (AvgIpc) is 3.40. The van der Waals surface area contributed by atoms with Gasteiger partial charge in [0.15, 0.2) is 6.10 Å². The van der Waals surface area contributed by atoms with Crippen molar-refractivity contribution in [1.29, 1.82) is 0 Å². The molecule has 3 atom stereocenters. The lowest BCUT2D eigenvalue weighted by Crippen LogP contribution is -2.45. The Morgan fingerprint density at radius 1 is 0.952 bits per heavy atom. The van der Waals surface area contributed by atoms with Crippen LogP contribution >= 0.6 is 0 Å². The number of nitrogens with one attached hydrogen (secondary N) is 1. The molecule has 3 heterocycles. The zero-order valence-corrected chi connectivity index (χ0v) is 23.0. The number of aryl methyl sites for hydroxylation is 1. The number of hydrogen-bond acceptors (Lipinski definition) is 10. The molecule has 0 radical (unpaired) electrons. The van der Waals surface area contributed by atoms with Crippen molar-refractivity contribution >= 4 is 28.7 Å². The third kappa shape index (κ3) is 5.10. The van der Waals surface area contributed by atoms with Crippen molar-refractivity contribution in [3.8, 4) is 28.4 Å². The van der Waals surface area contributed by atoms with Crippen LogP contribution in [0.15, 0.2) is 69.9 Å². The van der Waals surface area contributed by atoms with E-state index in [9.17, 15) is 14.4 Å². The third-order valence-corrected chi connectivity index (χ3v) is 7.23. The van der Waals surface area contributed by atoms with Crippen LogP contribution in [0.5, 0.6) is 17.2 Å². The van der Waals surface area contributed by atoms with Gasteiger partial charge in [0.1, 0.15) is 28.5 Å². The van der Waals surface area contributed by atoms with Gasteiger partial charge in [0, 0.05) is 28.5 Å². The second kappa shape index (κ2) is 11.1. The van der Waals surface area contributed by atoms with Crippen molar-refractivity contribution in [3.63, 3.8) is 0 Å². The van der Waals surface area contributed by atoms with Gasteiger partial charge in [0.2, 0.25) is 12.4 Å². The molecule has 3 aromatic carbocycles. The number of amides is 1. The second-order valence-electron chi connectivity index (χ2n) is 9.79. The zero-order valence-electron chi connectivity index (χ0n) is 23.0. The van der Waals surface area contributed by atoms with Gasteiger partial charge >= 0.3 is 11.8 Å². The Hall–Kier alpha value is -5.03. The van der Waals surface area contributed by atoms with E-state index in [-0.39, 0.29) is 11.3 Å². The van der Waals surface area contributed by atoms with Crippen LogP contribution in [0.3, 0.4) is 0 Å². The molecule has 6 rings (SSSR count). The first-order valence-electron chi connectivity index (χ1n) is 13.2. The lowest BCUT2D eigenvalue weighted by molar-refractivity contribution is -0.174. The second-order valence-corrected chi connectivity index (χ2v) is 9.79. The molecule has 2 saturated heterocycles. The van der Waals surface area contributed by atoms with Crippen LogP contribution in [0.25, 0.3) is 22.1 Å². The molecule has 2 fully saturated rings. The molecular formula is C31H27NO10. The minimum atomic E-state index is -0.872. The first-order chi connectivity index (χ1) is 20.3. The summed E-state index contributed by atoms with van der Waals surface area (Å²) in [5.41, 5.74) is 1.87. The van der Waals surface area contributed by atoms with Gasteiger partial charge in [-0.25, -0.2) is 9.59 Å². The van der Waals surface area contributed by atoms with Crippen LogP contribution < -0.4 is 25.2 Å². The molecule has 1 N–H and O–H groups in total. The highest BCUT2D eigenvalue weighted by atomic mass is 16.8. The molecule has 4 aromatic rings. The highest BCUT2D eigenvalue weighted by Gasteiger charge is 2.47. The van der Waals surface area contributed by atoms with E-state index in [1.807, 2.05) is 24.3 Å². The zero-order chi connectivity index (χ0) is 29.4. The third-order valence-electron chi connectivity index (χ3n) is 7.23. The number of benzene rings is 3. The summed E-state index contributed by atoms with van der Waals surface area (Å²) in [6.45, 7) is 2.07. The SMILES string of the molecule is COc1cccc(-c2cc(C(=O)Nc3cc4ccc(OC5OCC[C@H]6OC(=O)O[C@@H]56)c(C)c4oc3=O)ccc2OC)c1.